The molecule has 98 valence electrons. The number of nitrogens with two attached hydrogens (primary N) is 1. The lowest BCUT2D eigenvalue weighted by molar-refractivity contribution is 0.548. The molecule has 0 saturated heterocycles. The quantitative estimate of drug-likeness (QED) is 0.768. The van der Waals surface area contributed by atoms with E-state index in [4.69, 9.17) is 10.2 Å². The molecule has 0 amide bonds. The molecule has 2 aromatic heterocycles. The molecule has 0 aliphatic rings. The van der Waals surface area contributed by atoms with Crippen molar-refractivity contribution < 1.29 is 4.42 Å². The molecule has 1 aromatic carbocycles. The van der Waals surface area contributed by atoms with Crippen molar-refractivity contribution in [2.45, 2.75) is 27.3 Å². The van der Waals surface area contributed by atoms with Crippen LogP contribution >= 0.6 is 11.3 Å². The van der Waals surface area contributed by atoms with Crippen molar-refractivity contribution in [2.75, 3.05) is 0 Å². The summed E-state index contributed by atoms with van der Waals surface area (Å²) in [6.45, 7) is 6.63. The predicted octanol–water partition coefficient (Wildman–Crippen LogP) is 3.94. The molecular weight excluding hydrogens is 256 g/mol. The van der Waals surface area contributed by atoms with Crippen LogP contribution in [-0.2, 0) is 6.54 Å². The van der Waals surface area contributed by atoms with E-state index in [1.54, 1.807) is 11.3 Å². The Morgan fingerprint density at radius 2 is 2.05 bits per heavy atom. The van der Waals surface area contributed by atoms with Gasteiger partial charge < -0.3 is 10.2 Å². The standard InChI is InChI=1S/C15H16N2OS/c1-8-12-6-11(15-9(2)19-10(3)17-15)4-5-13(12)18-14(8)7-16/h4-6H,7,16H2,1-3H3. The summed E-state index contributed by atoms with van der Waals surface area (Å²) < 4.78 is 5.73. The number of thiazole rings is 1. The van der Waals surface area contributed by atoms with E-state index in [-0.39, 0.29) is 0 Å². The minimum Gasteiger partial charge on any atom is -0.459 e. The van der Waals surface area contributed by atoms with E-state index in [1.807, 2.05) is 13.0 Å². The normalized spacial score (nSPS) is 11.4. The number of hydrogen-bond acceptors (Lipinski definition) is 4. The fourth-order valence-electron chi connectivity index (χ4n) is 2.41. The third-order valence-electron chi connectivity index (χ3n) is 3.40. The lowest BCUT2D eigenvalue weighted by atomic mass is 10.1. The van der Waals surface area contributed by atoms with Gasteiger partial charge in [-0.3, -0.25) is 0 Å². The molecule has 0 aliphatic carbocycles. The zero-order chi connectivity index (χ0) is 13.6. The Balaban J connectivity index is 2.21. The molecule has 19 heavy (non-hydrogen) atoms. The van der Waals surface area contributed by atoms with E-state index in [2.05, 4.69) is 31.0 Å². The molecule has 3 aromatic rings. The van der Waals surface area contributed by atoms with Crippen LogP contribution in [0.2, 0.25) is 0 Å². The summed E-state index contributed by atoms with van der Waals surface area (Å²) in [6.07, 6.45) is 0. The van der Waals surface area contributed by atoms with Crippen molar-refractivity contribution in [3.05, 3.63) is 39.4 Å². The van der Waals surface area contributed by atoms with Gasteiger partial charge in [0.15, 0.2) is 0 Å². The Hall–Kier alpha value is -1.65. The maximum Gasteiger partial charge on any atom is 0.134 e. The Morgan fingerprint density at radius 3 is 2.68 bits per heavy atom. The lowest BCUT2D eigenvalue weighted by Gasteiger charge is -1.99. The van der Waals surface area contributed by atoms with Crippen molar-refractivity contribution >= 4 is 22.3 Å². The molecule has 0 atom stereocenters. The average molecular weight is 272 g/mol. The molecule has 0 unspecified atom stereocenters. The highest BCUT2D eigenvalue weighted by Gasteiger charge is 2.13. The van der Waals surface area contributed by atoms with Crippen LogP contribution in [0.1, 0.15) is 21.2 Å². The highest BCUT2D eigenvalue weighted by atomic mass is 32.1. The van der Waals surface area contributed by atoms with E-state index in [1.165, 1.54) is 4.88 Å². The third kappa shape index (κ3) is 1.97. The summed E-state index contributed by atoms with van der Waals surface area (Å²) in [7, 11) is 0. The van der Waals surface area contributed by atoms with E-state index < -0.39 is 0 Å². The van der Waals surface area contributed by atoms with Crippen LogP contribution in [-0.4, -0.2) is 4.98 Å². The minimum absolute atomic E-state index is 0.435. The molecule has 2 N–H and O–H groups in total. The average Bonchev–Trinajstić information content (AvgIpc) is 2.89. The van der Waals surface area contributed by atoms with E-state index in [9.17, 15) is 0 Å². The molecule has 0 radical (unpaired) electrons. The van der Waals surface area contributed by atoms with Crippen LogP contribution in [0.4, 0.5) is 0 Å². The number of aryl methyl sites for hydroxylation is 3. The van der Waals surface area contributed by atoms with E-state index in [0.29, 0.717) is 6.54 Å². The largest absolute Gasteiger partial charge is 0.459 e. The van der Waals surface area contributed by atoms with Gasteiger partial charge in [0.05, 0.1) is 17.2 Å². The molecular formula is C15H16N2OS. The number of hydrogen-bond donors (Lipinski definition) is 1. The van der Waals surface area contributed by atoms with Crippen LogP contribution in [0, 0.1) is 20.8 Å². The van der Waals surface area contributed by atoms with Gasteiger partial charge in [-0.25, -0.2) is 4.98 Å². The smallest absolute Gasteiger partial charge is 0.134 e. The summed E-state index contributed by atoms with van der Waals surface area (Å²) in [4.78, 5) is 5.85. The number of aromatic nitrogens is 1. The molecule has 0 bridgehead atoms. The fraction of sp³-hybridized carbons (Fsp3) is 0.267. The van der Waals surface area contributed by atoms with Crippen molar-refractivity contribution in [1.82, 2.24) is 4.98 Å². The Morgan fingerprint density at radius 1 is 1.26 bits per heavy atom. The van der Waals surface area contributed by atoms with Gasteiger partial charge >= 0.3 is 0 Å². The zero-order valence-electron chi connectivity index (χ0n) is 11.3. The number of nitrogens with zero attached hydrogens (tertiary/aromatic N) is 1. The number of fused-ring (bicyclic) bond motifs is 1. The Bertz CT molecular complexity index is 755. The second-order valence-electron chi connectivity index (χ2n) is 4.70. The summed E-state index contributed by atoms with van der Waals surface area (Å²) in [5.41, 5.74) is 9.92. The van der Waals surface area contributed by atoms with Gasteiger partial charge in [-0.05, 0) is 44.5 Å². The van der Waals surface area contributed by atoms with Crippen LogP contribution in [0.15, 0.2) is 22.6 Å². The van der Waals surface area contributed by atoms with Crippen LogP contribution < -0.4 is 5.73 Å². The first kappa shape index (κ1) is 12.4. The van der Waals surface area contributed by atoms with Crippen molar-refractivity contribution in [3.63, 3.8) is 0 Å². The van der Waals surface area contributed by atoms with Gasteiger partial charge in [-0.2, -0.15) is 0 Å². The molecule has 3 rings (SSSR count). The lowest BCUT2D eigenvalue weighted by Crippen LogP contribution is -1.95. The predicted molar refractivity (Wildman–Crippen MR) is 79.4 cm³/mol. The molecule has 0 spiro atoms. The monoisotopic (exact) mass is 272 g/mol. The van der Waals surface area contributed by atoms with E-state index >= 15 is 0 Å². The first-order valence-corrected chi connectivity index (χ1v) is 7.08. The SMILES string of the molecule is Cc1nc(-c2ccc3oc(CN)c(C)c3c2)c(C)s1. The number of furan rings is 1. The van der Waals surface area contributed by atoms with Gasteiger partial charge in [-0.1, -0.05) is 0 Å². The molecule has 0 fully saturated rings. The van der Waals surface area contributed by atoms with Gasteiger partial charge in [0.25, 0.3) is 0 Å². The summed E-state index contributed by atoms with van der Waals surface area (Å²) >= 11 is 1.73. The van der Waals surface area contributed by atoms with Crippen LogP contribution in [0.25, 0.3) is 22.2 Å². The van der Waals surface area contributed by atoms with Crippen molar-refractivity contribution in [1.29, 1.82) is 0 Å². The first-order valence-electron chi connectivity index (χ1n) is 6.26. The summed E-state index contributed by atoms with van der Waals surface area (Å²) in [6, 6.07) is 6.22. The topological polar surface area (TPSA) is 52.0 Å². The molecule has 4 heteroatoms. The minimum atomic E-state index is 0.435. The second kappa shape index (κ2) is 4.47. The highest BCUT2D eigenvalue weighted by molar-refractivity contribution is 7.11. The number of rotatable bonds is 2. The molecule has 3 nitrogen and oxygen atoms in total. The first-order chi connectivity index (χ1) is 9.10. The highest BCUT2D eigenvalue weighted by Crippen LogP contribution is 2.32. The molecule has 0 aliphatic heterocycles. The van der Waals surface area contributed by atoms with Crippen LogP contribution in [0.5, 0.6) is 0 Å². The maximum atomic E-state index is 5.73. The summed E-state index contributed by atoms with van der Waals surface area (Å²) in [5.74, 6) is 0.860. The van der Waals surface area contributed by atoms with Gasteiger partial charge in [0.2, 0.25) is 0 Å². The maximum absolute atomic E-state index is 5.73. The van der Waals surface area contributed by atoms with Gasteiger partial charge in [-0.15, -0.1) is 11.3 Å². The Kier molecular flexibility index (Phi) is 2.92. The van der Waals surface area contributed by atoms with Crippen molar-refractivity contribution in [3.8, 4) is 11.3 Å². The molecule has 0 saturated carbocycles. The number of benzene rings is 1. The third-order valence-corrected chi connectivity index (χ3v) is 4.28. The molecule has 2 heterocycles. The zero-order valence-corrected chi connectivity index (χ0v) is 12.1. The van der Waals surface area contributed by atoms with Crippen LogP contribution in [0.3, 0.4) is 0 Å². The fourth-order valence-corrected chi connectivity index (χ4v) is 3.25. The second-order valence-corrected chi connectivity index (χ2v) is 6.11. The van der Waals surface area contributed by atoms with Gasteiger partial charge in [0, 0.05) is 15.8 Å². The Labute approximate surface area is 116 Å². The summed E-state index contributed by atoms with van der Waals surface area (Å²) in [5, 5.41) is 2.22. The van der Waals surface area contributed by atoms with E-state index in [0.717, 1.165) is 38.6 Å². The van der Waals surface area contributed by atoms with Gasteiger partial charge in [0.1, 0.15) is 11.3 Å². The van der Waals surface area contributed by atoms with Crippen molar-refractivity contribution in [2.24, 2.45) is 5.73 Å².